The Morgan fingerprint density at radius 1 is 1.26 bits per heavy atom. The van der Waals surface area contributed by atoms with Crippen molar-refractivity contribution < 1.29 is 9.84 Å². The zero-order valence-electron chi connectivity index (χ0n) is 14.1. The van der Waals surface area contributed by atoms with Crippen molar-refractivity contribution in [3.8, 4) is 18.1 Å². The summed E-state index contributed by atoms with van der Waals surface area (Å²) in [5, 5.41) is 11.0. The van der Waals surface area contributed by atoms with Gasteiger partial charge >= 0.3 is 0 Å². The van der Waals surface area contributed by atoms with Crippen molar-refractivity contribution in [2.24, 2.45) is 17.3 Å². The summed E-state index contributed by atoms with van der Waals surface area (Å²) in [6.45, 7) is 2.24. The number of ether oxygens (including phenoxy) is 1. The quantitative estimate of drug-likeness (QED) is 0.797. The maximum Gasteiger partial charge on any atom is 0.130 e. The largest absolute Gasteiger partial charge is 0.497 e. The first-order chi connectivity index (χ1) is 11.0. The van der Waals surface area contributed by atoms with Gasteiger partial charge in [0, 0.05) is 5.41 Å². The summed E-state index contributed by atoms with van der Waals surface area (Å²) in [5.41, 5.74) is 1.97. The standard InChI is InChI=1S/C21H26O2/c1-4-21(22)12-10-19-18-7-5-14-13-15(23-3)6-8-16(14)17(18)9-11-20(19,21)2/h1,6,8,13,17-19,22H,5,7,9-12H2,2-3H3/t17?,18-,19?,20+,21?/m1/s1. The van der Waals surface area contributed by atoms with E-state index in [1.165, 1.54) is 17.5 Å². The van der Waals surface area contributed by atoms with Crippen LogP contribution in [0.15, 0.2) is 18.2 Å². The van der Waals surface area contributed by atoms with Crippen molar-refractivity contribution >= 4 is 0 Å². The molecule has 0 aliphatic heterocycles. The van der Waals surface area contributed by atoms with E-state index in [1.54, 1.807) is 7.11 Å². The van der Waals surface area contributed by atoms with Gasteiger partial charge in [-0.05, 0) is 79.5 Å². The number of benzene rings is 1. The van der Waals surface area contributed by atoms with E-state index in [4.69, 9.17) is 11.2 Å². The number of hydrogen-bond acceptors (Lipinski definition) is 2. The summed E-state index contributed by atoms with van der Waals surface area (Å²) in [6, 6.07) is 6.59. The molecule has 1 aromatic rings. The summed E-state index contributed by atoms with van der Waals surface area (Å²) in [7, 11) is 1.73. The van der Waals surface area contributed by atoms with E-state index in [2.05, 4.69) is 31.0 Å². The highest BCUT2D eigenvalue weighted by atomic mass is 16.5. The number of methoxy groups -OCH3 is 1. The van der Waals surface area contributed by atoms with Crippen LogP contribution >= 0.6 is 0 Å². The maximum absolute atomic E-state index is 11.0. The van der Waals surface area contributed by atoms with Gasteiger partial charge in [0.15, 0.2) is 0 Å². The zero-order chi connectivity index (χ0) is 16.2. The Hall–Kier alpha value is -1.46. The highest BCUT2D eigenvalue weighted by molar-refractivity contribution is 5.41. The summed E-state index contributed by atoms with van der Waals surface area (Å²) in [4.78, 5) is 0. The maximum atomic E-state index is 11.0. The lowest BCUT2D eigenvalue weighted by molar-refractivity contribution is -0.0646. The molecule has 1 aromatic carbocycles. The number of aryl methyl sites for hydroxylation is 1. The molecule has 4 rings (SSSR count). The summed E-state index contributed by atoms with van der Waals surface area (Å²) in [5.74, 6) is 5.56. The third-order valence-electron chi connectivity index (χ3n) is 7.32. The predicted molar refractivity (Wildman–Crippen MR) is 91.4 cm³/mol. The molecule has 3 unspecified atom stereocenters. The van der Waals surface area contributed by atoms with Gasteiger partial charge in [-0.15, -0.1) is 6.42 Å². The van der Waals surface area contributed by atoms with Crippen LogP contribution < -0.4 is 4.74 Å². The van der Waals surface area contributed by atoms with E-state index >= 15 is 0 Å². The van der Waals surface area contributed by atoms with Gasteiger partial charge in [0.2, 0.25) is 0 Å². The Morgan fingerprint density at radius 2 is 2.09 bits per heavy atom. The zero-order valence-corrected chi connectivity index (χ0v) is 14.1. The van der Waals surface area contributed by atoms with Crippen molar-refractivity contribution in [1.29, 1.82) is 0 Å². The minimum atomic E-state index is -0.900. The lowest BCUT2D eigenvalue weighted by Gasteiger charge is -2.52. The van der Waals surface area contributed by atoms with E-state index < -0.39 is 5.60 Å². The molecule has 2 fully saturated rings. The van der Waals surface area contributed by atoms with E-state index in [0.717, 1.165) is 37.9 Å². The first kappa shape index (κ1) is 15.1. The molecule has 0 bridgehead atoms. The second-order valence-corrected chi connectivity index (χ2v) is 7.98. The molecule has 2 saturated carbocycles. The minimum absolute atomic E-state index is 0.104. The van der Waals surface area contributed by atoms with Gasteiger partial charge in [0.05, 0.1) is 7.11 Å². The van der Waals surface area contributed by atoms with Crippen molar-refractivity contribution in [3.63, 3.8) is 0 Å². The third kappa shape index (κ3) is 1.93. The van der Waals surface area contributed by atoms with Gasteiger partial charge in [-0.25, -0.2) is 0 Å². The molecule has 23 heavy (non-hydrogen) atoms. The number of rotatable bonds is 1. The van der Waals surface area contributed by atoms with Gasteiger partial charge in [-0.3, -0.25) is 0 Å². The van der Waals surface area contributed by atoms with Crippen LogP contribution in [-0.4, -0.2) is 17.8 Å². The molecule has 3 aliphatic carbocycles. The number of hydrogen-bond donors (Lipinski definition) is 1. The molecule has 0 radical (unpaired) electrons. The number of fused-ring (bicyclic) bond motifs is 5. The van der Waals surface area contributed by atoms with Crippen LogP contribution in [0.4, 0.5) is 0 Å². The monoisotopic (exact) mass is 310 g/mol. The average Bonchev–Trinajstić information content (AvgIpc) is 2.86. The minimum Gasteiger partial charge on any atom is -0.497 e. The molecular weight excluding hydrogens is 284 g/mol. The van der Waals surface area contributed by atoms with Gasteiger partial charge in [0.1, 0.15) is 11.4 Å². The van der Waals surface area contributed by atoms with Crippen molar-refractivity contribution in [3.05, 3.63) is 29.3 Å². The summed E-state index contributed by atoms with van der Waals surface area (Å²) in [6.07, 6.45) is 12.1. The Bertz CT molecular complexity index is 673. The lowest BCUT2D eigenvalue weighted by atomic mass is 9.53. The predicted octanol–water partition coefficient (Wildman–Crippen LogP) is 3.92. The molecule has 0 saturated heterocycles. The smallest absolute Gasteiger partial charge is 0.130 e. The Morgan fingerprint density at radius 3 is 2.83 bits per heavy atom. The molecule has 0 aromatic heterocycles. The Labute approximate surface area is 139 Å². The fourth-order valence-electron chi connectivity index (χ4n) is 5.94. The fraction of sp³-hybridized carbons (Fsp3) is 0.619. The van der Waals surface area contributed by atoms with Crippen LogP contribution in [0, 0.1) is 29.6 Å². The second kappa shape index (κ2) is 5.02. The Kier molecular flexibility index (Phi) is 3.29. The molecule has 3 aliphatic rings. The van der Waals surface area contributed by atoms with Crippen LogP contribution in [0.2, 0.25) is 0 Å². The van der Waals surface area contributed by atoms with E-state index in [9.17, 15) is 5.11 Å². The summed E-state index contributed by atoms with van der Waals surface area (Å²) < 4.78 is 5.39. The SMILES string of the molecule is C#CC1(O)CCC2[C@@H]3CCc4cc(OC)ccc4C3CC[C@@]21C. The van der Waals surface area contributed by atoms with Gasteiger partial charge in [-0.1, -0.05) is 18.9 Å². The van der Waals surface area contributed by atoms with Crippen LogP contribution in [0.25, 0.3) is 0 Å². The lowest BCUT2D eigenvalue weighted by Crippen LogP contribution is -2.50. The van der Waals surface area contributed by atoms with Gasteiger partial charge < -0.3 is 9.84 Å². The topological polar surface area (TPSA) is 29.5 Å². The molecule has 2 nitrogen and oxygen atoms in total. The normalized spacial score (nSPS) is 41.4. The number of terminal acetylenes is 1. The van der Waals surface area contributed by atoms with Crippen LogP contribution in [-0.2, 0) is 6.42 Å². The molecule has 122 valence electrons. The average molecular weight is 310 g/mol. The molecular formula is C21H26O2. The van der Waals surface area contributed by atoms with E-state index in [1.807, 2.05) is 0 Å². The second-order valence-electron chi connectivity index (χ2n) is 7.98. The molecule has 5 atom stereocenters. The Balaban J connectivity index is 1.70. The molecule has 0 heterocycles. The van der Waals surface area contributed by atoms with Crippen LogP contribution in [0.5, 0.6) is 5.75 Å². The number of aliphatic hydroxyl groups is 1. The van der Waals surface area contributed by atoms with Crippen LogP contribution in [0.1, 0.15) is 56.1 Å². The summed E-state index contributed by atoms with van der Waals surface area (Å²) >= 11 is 0. The molecule has 0 spiro atoms. The molecule has 2 heteroatoms. The fourth-order valence-corrected chi connectivity index (χ4v) is 5.94. The van der Waals surface area contributed by atoms with Crippen molar-refractivity contribution in [1.82, 2.24) is 0 Å². The van der Waals surface area contributed by atoms with Crippen molar-refractivity contribution in [2.45, 2.75) is 57.0 Å². The van der Waals surface area contributed by atoms with Gasteiger partial charge in [0.25, 0.3) is 0 Å². The van der Waals surface area contributed by atoms with E-state index in [-0.39, 0.29) is 5.41 Å². The van der Waals surface area contributed by atoms with Crippen LogP contribution in [0.3, 0.4) is 0 Å². The molecule has 0 amide bonds. The van der Waals surface area contributed by atoms with Gasteiger partial charge in [-0.2, -0.15) is 0 Å². The first-order valence-electron chi connectivity index (χ1n) is 8.89. The first-order valence-corrected chi connectivity index (χ1v) is 8.89. The highest BCUT2D eigenvalue weighted by Crippen LogP contribution is 2.64. The van der Waals surface area contributed by atoms with Crippen molar-refractivity contribution in [2.75, 3.05) is 7.11 Å². The molecule has 1 N–H and O–H groups in total. The highest BCUT2D eigenvalue weighted by Gasteiger charge is 2.61. The third-order valence-corrected chi connectivity index (χ3v) is 7.32. The van der Waals surface area contributed by atoms with E-state index in [0.29, 0.717) is 17.8 Å².